The van der Waals surface area contributed by atoms with E-state index in [1.165, 1.54) is 14.2 Å². The van der Waals surface area contributed by atoms with Gasteiger partial charge in [0.05, 0.1) is 29.8 Å². The van der Waals surface area contributed by atoms with Crippen LogP contribution in [0.3, 0.4) is 0 Å². The van der Waals surface area contributed by atoms with Crippen LogP contribution in [0.5, 0.6) is 11.5 Å². The summed E-state index contributed by atoms with van der Waals surface area (Å²) < 4.78 is 11.0. The Kier molecular flexibility index (Phi) is 5.14. The van der Waals surface area contributed by atoms with E-state index < -0.39 is 0 Å². The molecule has 0 aliphatic rings. The lowest BCUT2D eigenvalue weighted by molar-refractivity contribution is 0.103. The summed E-state index contributed by atoms with van der Waals surface area (Å²) in [5.41, 5.74) is 0.649. The Morgan fingerprint density at radius 3 is 2.10 bits per heavy atom. The molecule has 0 unspecified atom stereocenters. The first kappa shape index (κ1) is 16.1. The number of methoxy groups -OCH3 is 2. The van der Waals surface area contributed by atoms with E-state index in [-0.39, 0.29) is 11.3 Å². The molecule has 21 heavy (non-hydrogen) atoms. The van der Waals surface area contributed by atoms with E-state index in [0.717, 1.165) is 0 Å². The number of benzene rings is 2. The SMILES string of the molecule is COc1cc(Br)c(C(=O)c2c(Cl)cccc2Cl)cc1OC. The summed E-state index contributed by atoms with van der Waals surface area (Å²) in [5.74, 6) is 0.678. The van der Waals surface area contributed by atoms with Gasteiger partial charge in [0, 0.05) is 10.0 Å². The van der Waals surface area contributed by atoms with Crippen molar-refractivity contribution in [3.8, 4) is 11.5 Å². The Hall–Kier alpha value is -1.23. The number of halogens is 3. The van der Waals surface area contributed by atoms with Gasteiger partial charge >= 0.3 is 0 Å². The lowest BCUT2D eigenvalue weighted by atomic mass is 10.0. The Bertz CT molecular complexity index is 681. The largest absolute Gasteiger partial charge is 0.493 e. The van der Waals surface area contributed by atoms with E-state index in [1.807, 2.05) is 0 Å². The summed E-state index contributed by atoms with van der Waals surface area (Å²) in [6.45, 7) is 0. The molecular weight excluding hydrogens is 379 g/mol. The topological polar surface area (TPSA) is 35.5 Å². The van der Waals surface area contributed by atoms with E-state index >= 15 is 0 Å². The lowest BCUT2D eigenvalue weighted by Crippen LogP contribution is -2.05. The highest BCUT2D eigenvalue weighted by molar-refractivity contribution is 9.10. The highest BCUT2D eigenvalue weighted by atomic mass is 79.9. The molecule has 0 saturated heterocycles. The van der Waals surface area contributed by atoms with E-state index in [4.69, 9.17) is 32.7 Å². The fourth-order valence-corrected chi connectivity index (χ4v) is 2.95. The molecule has 0 N–H and O–H groups in total. The molecule has 0 bridgehead atoms. The minimum atomic E-state index is -0.293. The summed E-state index contributed by atoms with van der Waals surface area (Å²) in [6, 6.07) is 8.18. The monoisotopic (exact) mass is 388 g/mol. The van der Waals surface area contributed by atoms with E-state index in [1.54, 1.807) is 30.3 Å². The van der Waals surface area contributed by atoms with Crippen molar-refractivity contribution in [3.63, 3.8) is 0 Å². The maximum Gasteiger partial charge on any atom is 0.197 e. The second-order valence-electron chi connectivity index (χ2n) is 4.11. The van der Waals surface area contributed by atoms with Gasteiger partial charge in [-0.25, -0.2) is 0 Å². The molecule has 0 aliphatic heterocycles. The maximum atomic E-state index is 12.7. The van der Waals surface area contributed by atoms with Crippen LogP contribution in [0, 0.1) is 0 Å². The summed E-state index contributed by atoms with van der Waals surface area (Å²) >= 11 is 15.5. The van der Waals surface area contributed by atoms with Crippen molar-refractivity contribution in [2.75, 3.05) is 14.2 Å². The smallest absolute Gasteiger partial charge is 0.197 e. The average molecular weight is 390 g/mol. The predicted octanol–water partition coefficient (Wildman–Crippen LogP) is 5.00. The zero-order valence-electron chi connectivity index (χ0n) is 11.2. The van der Waals surface area contributed by atoms with E-state index in [9.17, 15) is 4.79 Å². The van der Waals surface area contributed by atoms with Crippen molar-refractivity contribution >= 4 is 44.9 Å². The van der Waals surface area contributed by atoms with Crippen LogP contribution in [0.15, 0.2) is 34.8 Å². The Labute approximate surface area is 140 Å². The molecule has 2 rings (SSSR count). The molecule has 0 amide bonds. The van der Waals surface area contributed by atoms with Crippen LogP contribution in [0.25, 0.3) is 0 Å². The third-order valence-corrected chi connectivity index (χ3v) is 4.19. The van der Waals surface area contributed by atoms with Crippen molar-refractivity contribution in [2.24, 2.45) is 0 Å². The van der Waals surface area contributed by atoms with Gasteiger partial charge in [0.25, 0.3) is 0 Å². The zero-order valence-corrected chi connectivity index (χ0v) is 14.3. The number of ether oxygens (including phenoxy) is 2. The molecule has 0 radical (unpaired) electrons. The highest BCUT2D eigenvalue weighted by Gasteiger charge is 2.21. The van der Waals surface area contributed by atoms with Crippen LogP contribution in [0.1, 0.15) is 15.9 Å². The number of hydrogen-bond donors (Lipinski definition) is 0. The molecule has 6 heteroatoms. The van der Waals surface area contributed by atoms with Crippen molar-refractivity contribution in [1.29, 1.82) is 0 Å². The number of carbonyl (C=O) groups excluding carboxylic acids is 1. The zero-order chi connectivity index (χ0) is 15.6. The molecule has 2 aromatic carbocycles. The van der Waals surface area contributed by atoms with Crippen molar-refractivity contribution < 1.29 is 14.3 Å². The molecule has 0 fully saturated rings. The molecule has 0 atom stereocenters. The number of ketones is 1. The molecule has 0 saturated carbocycles. The van der Waals surface area contributed by atoms with Crippen molar-refractivity contribution in [1.82, 2.24) is 0 Å². The Balaban J connectivity index is 2.59. The quantitative estimate of drug-likeness (QED) is 0.690. The number of carbonyl (C=O) groups is 1. The van der Waals surface area contributed by atoms with Gasteiger partial charge in [0.1, 0.15) is 0 Å². The van der Waals surface area contributed by atoms with Crippen molar-refractivity contribution in [2.45, 2.75) is 0 Å². The second kappa shape index (κ2) is 6.69. The van der Waals surface area contributed by atoms with Crippen LogP contribution in [0.2, 0.25) is 10.0 Å². The van der Waals surface area contributed by atoms with Crippen molar-refractivity contribution in [3.05, 3.63) is 56.0 Å². The molecule has 110 valence electrons. The summed E-state index contributed by atoms with van der Waals surface area (Å²) in [7, 11) is 3.03. The maximum absolute atomic E-state index is 12.7. The van der Waals surface area contributed by atoms with Gasteiger partial charge < -0.3 is 9.47 Å². The third-order valence-electron chi connectivity index (χ3n) is 2.91. The third kappa shape index (κ3) is 3.18. The molecule has 0 heterocycles. The van der Waals surface area contributed by atoms with Crippen LogP contribution in [-0.2, 0) is 0 Å². The first-order chi connectivity index (χ1) is 9.99. The Morgan fingerprint density at radius 1 is 1.05 bits per heavy atom. The number of rotatable bonds is 4. The average Bonchev–Trinajstić information content (AvgIpc) is 2.46. The van der Waals surface area contributed by atoms with E-state index in [0.29, 0.717) is 31.6 Å². The summed E-state index contributed by atoms with van der Waals surface area (Å²) in [6.07, 6.45) is 0. The minimum absolute atomic E-state index is 0.258. The first-order valence-corrected chi connectivity index (χ1v) is 7.44. The molecule has 0 spiro atoms. The normalized spacial score (nSPS) is 10.3. The van der Waals surface area contributed by atoms with Gasteiger partial charge in [0.2, 0.25) is 0 Å². The highest BCUT2D eigenvalue weighted by Crippen LogP contribution is 2.36. The van der Waals surface area contributed by atoms with Gasteiger partial charge in [0.15, 0.2) is 17.3 Å². The van der Waals surface area contributed by atoms with Crippen LogP contribution >= 0.6 is 39.1 Å². The van der Waals surface area contributed by atoms with Crippen LogP contribution in [0.4, 0.5) is 0 Å². The summed E-state index contributed by atoms with van der Waals surface area (Å²) in [4.78, 5) is 12.7. The minimum Gasteiger partial charge on any atom is -0.493 e. The Morgan fingerprint density at radius 2 is 1.57 bits per heavy atom. The van der Waals surface area contributed by atoms with Gasteiger partial charge in [-0.15, -0.1) is 0 Å². The van der Waals surface area contributed by atoms with Crippen LogP contribution < -0.4 is 9.47 Å². The standard InChI is InChI=1S/C15H11BrCl2O3/c1-20-12-6-8(9(16)7-13(12)21-2)15(19)14-10(17)4-3-5-11(14)18/h3-7H,1-2H3. The van der Waals surface area contributed by atoms with Gasteiger partial charge in [-0.2, -0.15) is 0 Å². The molecule has 2 aromatic rings. The first-order valence-electron chi connectivity index (χ1n) is 5.89. The number of hydrogen-bond acceptors (Lipinski definition) is 3. The van der Waals surface area contributed by atoms with Gasteiger partial charge in [-0.05, 0) is 40.2 Å². The lowest BCUT2D eigenvalue weighted by Gasteiger charge is -2.12. The van der Waals surface area contributed by atoms with Gasteiger partial charge in [-0.1, -0.05) is 29.3 Å². The molecule has 3 nitrogen and oxygen atoms in total. The summed E-state index contributed by atoms with van der Waals surface area (Å²) in [5, 5.41) is 0.600. The van der Waals surface area contributed by atoms with E-state index in [2.05, 4.69) is 15.9 Å². The molecule has 0 aliphatic carbocycles. The predicted molar refractivity (Wildman–Crippen MR) is 87.1 cm³/mol. The molecular formula is C15H11BrCl2O3. The molecule has 0 aromatic heterocycles. The van der Waals surface area contributed by atoms with Gasteiger partial charge in [-0.3, -0.25) is 4.79 Å². The van der Waals surface area contributed by atoms with Crippen LogP contribution in [-0.4, -0.2) is 20.0 Å². The fourth-order valence-electron chi connectivity index (χ4n) is 1.88. The second-order valence-corrected chi connectivity index (χ2v) is 5.78. The fraction of sp³-hybridized carbons (Fsp3) is 0.133.